The van der Waals surface area contributed by atoms with Crippen molar-refractivity contribution in [3.8, 4) is 11.8 Å². The van der Waals surface area contributed by atoms with E-state index in [4.69, 9.17) is 0 Å². The second-order valence-electron chi connectivity index (χ2n) is 3.69. The van der Waals surface area contributed by atoms with E-state index in [0.717, 1.165) is 17.5 Å². The van der Waals surface area contributed by atoms with Crippen LogP contribution in [-0.4, -0.2) is 16.1 Å². The van der Waals surface area contributed by atoms with Crippen LogP contribution in [0.4, 0.5) is 5.82 Å². The summed E-state index contributed by atoms with van der Waals surface area (Å²) in [5.41, 5.74) is 1.78. The number of nitrogens with one attached hydrogen (secondary N) is 2. The molecule has 2 N–H and O–H groups in total. The third-order valence-corrected chi connectivity index (χ3v) is 2.43. The minimum Gasteiger partial charge on any atom is -0.300 e. The highest BCUT2D eigenvalue weighted by atomic mass is 16.1. The van der Waals surface area contributed by atoms with Crippen molar-refractivity contribution in [1.82, 2.24) is 10.2 Å². The van der Waals surface area contributed by atoms with Gasteiger partial charge in [0.05, 0.1) is 6.20 Å². The quantitative estimate of drug-likeness (QED) is 0.787. The first kappa shape index (κ1) is 11.9. The van der Waals surface area contributed by atoms with Gasteiger partial charge in [-0.05, 0) is 18.6 Å². The average molecular weight is 239 g/mol. The molecule has 0 saturated carbocycles. The second kappa shape index (κ2) is 5.69. The molecule has 0 radical (unpaired) electrons. The number of rotatable bonds is 2. The van der Waals surface area contributed by atoms with Gasteiger partial charge in [0.2, 0.25) is 0 Å². The van der Waals surface area contributed by atoms with Gasteiger partial charge in [-0.3, -0.25) is 15.2 Å². The van der Waals surface area contributed by atoms with Gasteiger partial charge in [0.25, 0.3) is 0 Å². The number of amides is 1. The van der Waals surface area contributed by atoms with Crippen molar-refractivity contribution in [2.75, 3.05) is 5.32 Å². The summed E-state index contributed by atoms with van der Waals surface area (Å²) in [6.45, 7) is 2.00. The average Bonchev–Trinajstić information content (AvgIpc) is 2.85. The number of carbonyl (C=O) groups excluding carboxylic acids is 1. The number of nitrogens with zero attached hydrogens (tertiary/aromatic N) is 1. The molecule has 0 aliphatic rings. The van der Waals surface area contributed by atoms with Crippen LogP contribution in [-0.2, 0) is 11.2 Å². The number of aromatic nitrogens is 2. The highest BCUT2D eigenvalue weighted by molar-refractivity contribution is 6.04. The number of carbonyl (C=O) groups is 1. The Bertz CT molecular complexity index is 590. The van der Waals surface area contributed by atoms with E-state index in [2.05, 4.69) is 27.4 Å². The molecule has 0 aliphatic heterocycles. The van der Waals surface area contributed by atoms with Crippen molar-refractivity contribution in [1.29, 1.82) is 0 Å². The maximum atomic E-state index is 11.6. The van der Waals surface area contributed by atoms with Gasteiger partial charge in [-0.25, -0.2) is 0 Å². The Morgan fingerprint density at radius 3 is 2.89 bits per heavy atom. The zero-order valence-electron chi connectivity index (χ0n) is 10.0. The van der Waals surface area contributed by atoms with Gasteiger partial charge in [-0.1, -0.05) is 31.0 Å². The molecule has 0 bridgehead atoms. The van der Waals surface area contributed by atoms with E-state index in [0.29, 0.717) is 5.82 Å². The highest BCUT2D eigenvalue weighted by Crippen LogP contribution is 2.10. The molecule has 1 aromatic carbocycles. The van der Waals surface area contributed by atoms with Crippen molar-refractivity contribution in [3.05, 3.63) is 47.7 Å². The van der Waals surface area contributed by atoms with Crippen LogP contribution in [0.2, 0.25) is 0 Å². The number of H-pyrrole nitrogens is 1. The van der Waals surface area contributed by atoms with E-state index >= 15 is 0 Å². The van der Waals surface area contributed by atoms with E-state index in [-0.39, 0.29) is 5.91 Å². The number of benzene rings is 1. The Hall–Kier alpha value is -2.54. The normalized spacial score (nSPS) is 9.39. The molecule has 18 heavy (non-hydrogen) atoms. The number of hydrogen-bond donors (Lipinski definition) is 2. The molecule has 4 heteroatoms. The van der Waals surface area contributed by atoms with Gasteiger partial charge < -0.3 is 0 Å². The molecule has 1 amide bonds. The Kier molecular flexibility index (Phi) is 3.77. The lowest BCUT2D eigenvalue weighted by Gasteiger charge is -1.98. The van der Waals surface area contributed by atoms with Crippen LogP contribution in [0.1, 0.15) is 18.1 Å². The van der Waals surface area contributed by atoms with Crippen LogP contribution in [0.3, 0.4) is 0 Å². The highest BCUT2D eigenvalue weighted by Gasteiger charge is 2.04. The molecular formula is C14H13N3O. The van der Waals surface area contributed by atoms with Crippen LogP contribution < -0.4 is 5.32 Å². The molecule has 2 aromatic rings. The summed E-state index contributed by atoms with van der Waals surface area (Å²) in [4.78, 5) is 11.6. The fourth-order valence-corrected chi connectivity index (χ4v) is 1.48. The summed E-state index contributed by atoms with van der Waals surface area (Å²) in [6, 6.07) is 9.38. The lowest BCUT2D eigenvalue weighted by Crippen LogP contribution is -2.10. The van der Waals surface area contributed by atoms with E-state index in [1.165, 1.54) is 0 Å². The summed E-state index contributed by atoms with van der Waals surface area (Å²) >= 11 is 0. The van der Waals surface area contributed by atoms with Crippen molar-refractivity contribution < 1.29 is 4.79 Å². The molecule has 0 atom stereocenters. The molecule has 0 aliphatic carbocycles. The largest absolute Gasteiger partial charge is 0.301 e. The summed E-state index contributed by atoms with van der Waals surface area (Å²) in [7, 11) is 0. The zero-order valence-corrected chi connectivity index (χ0v) is 10.0. The van der Waals surface area contributed by atoms with Crippen LogP contribution in [0.15, 0.2) is 36.5 Å². The van der Waals surface area contributed by atoms with Gasteiger partial charge in [0.1, 0.15) is 5.82 Å². The standard InChI is InChI=1S/C14H13N3O/c1-2-12-10-15-17-14(12)16-13(18)9-8-11-6-4-3-5-7-11/h3-7,10H,2H2,1H3,(H2,15,16,17,18). The van der Waals surface area contributed by atoms with Gasteiger partial charge in [-0.2, -0.15) is 5.10 Å². The number of anilines is 1. The molecule has 1 aromatic heterocycles. The van der Waals surface area contributed by atoms with Crippen LogP contribution >= 0.6 is 0 Å². The monoisotopic (exact) mass is 239 g/mol. The predicted octanol–water partition coefficient (Wildman–Crippen LogP) is 1.96. The fraction of sp³-hybridized carbons (Fsp3) is 0.143. The van der Waals surface area contributed by atoms with Gasteiger partial charge >= 0.3 is 5.91 Å². The van der Waals surface area contributed by atoms with Crippen LogP contribution in [0.25, 0.3) is 0 Å². The van der Waals surface area contributed by atoms with Crippen LogP contribution in [0.5, 0.6) is 0 Å². The van der Waals surface area contributed by atoms with Crippen molar-refractivity contribution in [2.24, 2.45) is 0 Å². The summed E-state index contributed by atoms with van der Waals surface area (Å²) in [5, 5.41) is 9.29. The molecule has 1 heterocycles. The SMILES string of the molecule is CCc1cn[nH]c1NC(=O)C#Cc1ccccc1. The zero-order chi connectivity index (χ0) is 12.8. The maximum absolute atomic E-state index is 11.6. The first-order chi connectivity index (χ1) is 8.79. The molecule has 0 saturated heterocycles. The molecule has 0 spiro atoms. The fourth-order valence-electron chi connectivity index (χ4n) is 1.48. The summed E-state index contributed by atoms with van der Waals surface area (Å²) in [5.74, 6) is 5.61. The van der Waals surface area contributed by atoms with Gasteiger partial charge in [0.15, 0.2) is 0 Å². The topological polar surface area (TPSA) is 57.8 Å². The van der Waals surface area contributed by atoms with Gasteiger partial charge in [-0.15, -0.1) is 0 Å². The molecule has 0 unspecified atom stereocenters. The number of aromatic amines is 1. The molecule has 90 valence electrons. The third-order valence-electron chi connectivity index (χ3n) is 2.43. The molecule has 4 nitrogen and oxygen atoms in total. The first-order valence-corrected chi connectivity index (χ1v) is 5.70. The Balaban J connectivity index is 2.04. The van der Waals surface area contributed by atoms with Crippen molar-refractivity contribution >= 4 is 11.7 Å². The summed E-state index contributed by atoms with van der Waals surface area (Å²) in [6.07, 6.45) is 2.50. The Morgan fingerprint density at radius 1 is 1.39 bits per heavy atom. The van der Waals surface area contributed by atoms with Crippen molar-refractivity contribution in [2.45, 2.75) is 13.3 Å². The van der Waals surface area contributed by atoms with Gasteiger partial charge in [0, 0.05) is 17.0 Å². The molecular weight excluding hydrogens is 226 g/mol. The Labute approximate surface area is 105 Å². The number of hydrogen-bond acceptors (Lipinski definition) is 2. The second-order valence-corrected chi connectivity index (χ2v) is 3.69. The van der Waals surface area contributed by atoms with E-state index in [1.54, 1.807) is 6.20 Å². The lowest BCUT2D eigenvalue weighted by atomic mass is 10.2. The van der Waals surface area contributed by atoms with Crippen molar-refractivity contribution in [3.63, 3.8) is 0 Å². The number of aryl methyl sites for hydroxylation is 1. The molecule has 2 rings (SSSR count). The lowest BCUT2D eigenvalue weighted by molar-refractivity contribution is -0.111. The maximum Gasteiger partial charge on any atom is 0.301 e. The Morgan fingerprint density at radius 2 is 2.17 bits per heavy atom. The van der Waals surface area contributed by atoms with E-state index in [1.807, 2.05) is 37.3 Å². The van der Waals surface area contributed by atoms with E-state index < -0.39 is 0 Å². The minimum absolute atomic E-state index is 0.349. The summed E-state index contributed by atoms with van der Waals surface area (Å²) < 4.78 is 0. The van der Waals surface area contributed by atoms with Crippen LogP contribution in [0, 0.1) is 11.8 Å². The minimum atomic E-state index is -0.349. The molecule has 0 fully saturated rings. The predicted molar refractivity (Wildman–Crippen MR) is 69.9 cm³/mol. The van der Waals surface area contributed by atoms with E-state index in [9.17, 15) is 4.79 Å². The third kappa shape index (κ3) is 2.98. The smallest absolute Gasteiger partial charge is 0.300 e. The first-order valence-electron chi connectivity index (χ1n) is 5.70.